The number of aromatic amines is 1. The number of aryl methyl sites for hydroxylation is 1. The van der Waals surface area contributed by atoms with Crippen LogP contribution in [0.2, 0.25) is 0 Å². The summed E-state index contributed by atoms with van der Waals surface area (Å²) < 4.78 is 13.3. The van der Waals surface area contributed by atoms with Crippen molar-refractivity contribution in [1.29, 1.82) is 0 Å². The van der Waals surface area contributed by atoms with E-state index in [0.717, 1.165) is 23.2 Å². The lowest BCUT2D eigenvalue weighted by molar-refractivity contribution is 0.171. The number of halogens is 1. The Morgan fingerprint density at radius 2 is 1.93 bits per heavy atom. The van der Waals surface area contributed by atoms with Gasteiger partial charge in [0.15, 0.2) is 0 Å². The van der Waals surface area contributed by atoms with Crippen LogP contribution < -0.4 is 0 Å². The van der Waals surface area contributed by atoms with Crippen molar-refractivity contribution >= 4 is 10.9 Å². The summed E-state index contributed by atoms with van der Waals surface area (Å²) in [7, 11) is 0. The summed E-state index contributed by atoms with van der Waals surface area (Å²) in [6, 6.07) is 18.0. The molecule has 1 fully saturated rings. The average molecular weight is 365 g/mol. The summed E-state index contributed by atoms with van der Waals surface area (Å²) >= 11 is 0. The van der Waals surface area contributed by atoms with Crippen molar-refractivity contribution < 1.29 is 4.39 Å². The average Bonchev–Trinajstić information content (AvgIpc) is 3.08. The van der Waals surface area contributed by atoms with Crippen LogP contribution in [0.1, 0.15) is 36.9 Å². The first-order valence-corrected chi connectivity index (χ1v) is 10.3. The molecule has 1 aliphatic heterocycles. The zero-order valence-corrected chi connectivity index (χ0v) is 16.0. The smallest absolute Gasteiger partial charge is 0.125 e. The quantitative estimate of drug-likeness (QED) is 0.542. The number of nitrogens with zero attached hydrogens (tertiary/aromatic N) is 1. The molecule has 0 bridgehead atoms. The number of benzene rings is 2. The maximum absolute atomic E-state index is 13.3. The highest BCUT2D eigenvalue weighted by Gasteiger charge is 2.19. The van der Waals surface area contributed by atoms with E-state index in [2.05, 4.69) is 46.3 Å². The molecule has 1 N–H and O–H groups in total. The summed E-state index contributed by atoms with van der Waals surface area (Å²) in [6.45, 7) is 3.68. The number of piperidine rings is 1. The summed E-state index contributed by atoms with van der Waals surface area (Å²) in [5, 5.41) is 1.10. The Labute approximate surface area is 161 Å². The van der Waals surface area contributed by atoms with Crippen LogP contribution in [0.25, 0.3) is 10.9 Å². The van der Waals surface area contributed by atoms with Gasteiger partial charge in [-0.2, -0.15) is 0 Å². The minimum Gasteiger partial charge on any atom is -0.358 e. The number of rotatable bonds is 7. The van der Waals surface area contributed by atoms with Gasteiger partial charge in [-0.3, -0.25) is 0 Å². The van der Waals surface area contributed by atoms with Crippen LogP contribution in [0.3, 0.4) is 0 Å². The largest absolute Gasteiger partial charge is 0.358 e. The number of H-pyrrole nitrogens is 1. The second-order valence-corrected chi connectivity index (χ2v) is 7.98. The molecule has 2 heterocycles. The summed E-state index contributed by atoms with van der Waals surface area (Å²) in [5.41, 5.74) is 3.60. The number of unbranched alkanes of at least 4 members (excludes halogenated alkanes) is 1. The summed E-state index contributed by atoms with van der Waals surface area (Å²) in [6.07, 6.45) is 7.33. The van der Waals surface area contributed by atoms with Crippen LogP contribution in [-0.2, 0) is 12.8 Å². The highest BCUT2D eigenvalue weighted by molar-refractivity contribution is 5.80. The third-order valence-electron chi connectivity index (χ3n) is 5.78. The summed E-state index contributed by atoms with van der Waals surface area (Å²) in [4.78, 5) is 6.01. The van der Waals surface area contributed by atoms with Crippen molar-refractivity contribution in [3.8, 4) is 0 Å². The topological polar surface area (TPSA) is 19.0 Å². The molecule has 1 aromatic heterocycles. The minimum atomic E-state index is -0.175. The Kier molecular flexibility index (Phi) is 5.88. The molecular weight excluding hydrogens is 335 g/mol. The van der Waals surface area contributed by atoms with E-state index in [1.807, 2.05) is 6.07 Å². The van der Waals surface area contributed by atoms with Crippen molar-refractivity contribution in [3.63, 3.8) is 0 Å². The fourth-order valence-corrected chi connectivity index (χ4v) is 4.41. The molecule has 3 heteroatoms. The monoisotopic (exact) mass is 364 g/mol. The zero-order valence-electron chi connectivity index (χ0n) is 16.0. The van der Waals surface area contributed by atoms with Gasteiger partial charge in [0.2, 0.25) is 0 Å². The van der Waals surface area contributed by atoms with Crippen LogP contribution in [0, 0.1) is 11.7 Å². The van der Waals surface area contributed by atoms with Crippen LogP contribution in [0.15, 0.2) is 54.6 Å². The molecule has 27 heavy (non-hydrogen) atoms. The van der Waals surface area contributed by atoms with Gasteiger partial charge < -0.3 is 9.88 Å². The third kappa shape index (κ3) is 4.98. The van der Waals surface area contributed by atoms with Crippen LogP contribution >= 0.6 is 0 Å². The first-order chi connectivity index (χ1) is 13.3. The van der Waals surface area contributed by atoms with Gasteiger partial charge >= 0.3 is 0 Å². The fraction of sp³-hybridized carbons (Fsp3) is 0.417. The normalized spacial score (nSPS) is 18.2. The van der Waals surface area contributed by atoms with Crippen LogP contribution in [0.4, 0.5) is 4.39 Å². The number of aromatic nitrogens is 1. The highest BCUT2D eigenvalue weighted by atomic mass is 19.1. The molecule has 1 aliphatic rings. The van der Waals surface area contributed by atoms with E-state index in [9.17, 15) is 4.39 Å². The van der Waals surface area contributed by atoms with Gasteiger partial charge in [0.05, 0.1) is 0 Å². The third-order valence-corrected chi connectivity index (χ3v) is 5.78. The number of likely N-dealkylation sites (tertiary alicyclic amines) is 1. The van der Waals surface area contributed by atoms with E-state index in [-0.39, 0.29) is 5.82 Å². The Hall–Kier alpha value is -2.13. The van der Waals surface area contributed by atoms with Crippen LogP contribution in [-0.4, -0.2) is 29.5 Å². The molecule has 4 rings (SSSR count). The Morgan fingerprint density at radius 1 is 1.04 bits per heavy atom. The predicted octanol–water partition coefficient (Wildman–Crippen LogP) is 5.58. The molecule has 2 nitrogen and oxygen atoms in total. The second kappa shape index (κ2) is 8.71. The first kappa shape index (κ1) is 18.2. The molecule has 1 unspecified atom stereocenters. The molecule has 1 saturated heterocycles. The van der Waals surface area contributed by atoms with E-state index >= 15 is 0 Å². The SMILES string of the molecule is Fc1ccc2cc(CCCCN3CCCC(Cc4ccccc4)C3)[nH]c2c1. The second-order valence-electron chi connectivity index (χ2n) is 7.98. The van der Waals surface area contributed by atoms with Crippen molar-refractivity contribution in [2.45, 2.75) is 38.5 Å². The molecule has 3 aromatic rings. The first-order valence-electron chi connectivity index (χ1n) is 10.3. The molecule has 0 aliphatic carbocycles. The van der Waals surface area contributed by atoms with Gasteiger partial charge in [0, 0.05) is 17.8 Å². The van der Waals surface area contributed by atoms with Gasteiger partial charge in [-0.1, -0.05) is 30.3 Å². The molecule has 0 amide bonds. The Morgan fingerprint density at radius 3 is 2.81 bits per heavy atom. The highest BCUT2D eigenvalue weighted by Crippen LogP contribution is 2.22. The standard InChI is InChI=1S/C24H29FN2/c25-22-12-11-21-16-23(26-24(21)17-22)10-4-5-13-27-14-6-9-20(18-27)15-19-7-2-1-3-8-19/h1-3,7-8,11-12,16-17,20,26H,4-6,9-10,13-15,18H2. The van der Waals surface area contributed by atoms with Gasteiger partial charge in [-0.25, -0.2) is 4.39 Å². The van der Waals surface area contributed by atoms with Gasteiger partial charge in [-0.05, 0) is 92.7 Å². The van der Waals surface area contributed by atoms with Crippen molar-refractivity contribution in [1.82, 2.24) is 9.88 Å². The molecule has 1 atom stereocenters. The van der Waals surface area contributed by atoms with Gasteiger partial charge in [-0.15, -0.1) is 0 Å². The zero-order chi connectivity index (χ0) is 18.5. The molecule has 0 saturated carbocycles. The maximum Gasteiger partial charge on any atom is 0.125 e. The van der Waals surface area contributed by atoms with E-state index < -0.39 is 0 Å². The predicted molar refractivity (Wildman–Crippen MR) is 111 cm³/mol. The van der Waals surface area contributed by atoms with E-state index in [1.54, 1.807) is 6.07 Å². The van der Waals surface area contributed by atoms with Crippen molar-refractivity contribution in [2.24, 2.45) is 5.92 Å². The number of hydrogen-bond donors (Lipinski definition) is 1. The van der Waals surface area contributed by atoms with E-state index in [1.165, 1.54) is 69.1 Å². The lowest BCUT2D eigenvalue weighted by atomic mass is 9.91. The van der Waals surface area contributed by atoms with Crippen molar-refractivity contribution in [2.75, 3.05) is 19.6 Å². The minimum absolute atomic E-state index is 0.175. The van der Waals surface area contributed by atoms with Crippen LogP contribution in [0.5, 0.6) is 0 Å². The molecule has 2 aromatic carbocycles. The lowest BCUT2D eigenvalue weighted by Gasteiger charge is -2.32. The van der Waals surface area contributed by atoms with E-state index in [0.29, 0.717) is 0 Å². The molecule has 0 radical (unpaired) electrons. The molecule has 0 spiro atoms. The van der Waals surface area contributed by atoms with E-state index in [4.69, 9.17) is 0 Å². The Bertz CT molecular complexity index is 855. The fourth-order valence-electron chi connectivity index (χ4n) is 4.41. The number of fused-ring (bicyclic) bond motifs is 1. The Balaban J connectivity index is 1.21. The van der Waals surface area contributed by atoms with Gasteiger partial charge in [0.1, 0.15) is 5.82 Å². The number of nitrogens with one attached hydrogen (secondary N) is 1. The van der Waals surface area contributed by atoms with Crippen molar-refractivity contribution in [3.05, 3.63) is 71.7 Å². The molecular formula is C24H29FN2. The maximum atomic E-state index is 13.3. The lowest BCUT2D eigenvalue weighted by Crippen LogP contribution is -2.36. The number of hydrogen-bond acceptors (Lipinski definition) is 1. The molecule has 142 valence electrons. The summed E-state index contributed by atoms with van der Waals surface area (Å²) in [5.74, 6) is 0.621. The van der Waals surface area contributed by atoms with Gasteiger partial charge in [0.25, 0.3) is 0 Å².